The van der Waals surface area contributed by atoms with Gasteiger partial charge >= 0.3 is 0 Å². The first-order valence-corrected chi connectivity index (χ1v) is 8.14. The standard InChI is InChI=1S/C17H28N4O3/c1-4-18-17(20-9-6-12-23-2)21-11-10-19-16(22)14-7-5-8-15(13-14)24-3/h5,7-8,13H,4,6,9-12H2,1-3H3,(H,19,22)(H2,18,20,21). The zero-order valence-corrected chi connectivity index (χ0v) is 14.7. The Morgan fingerprint density at radius 2 is 1.96 bits per heavy atom. The lowest BCUT2D eigenvalue weighted by atomic mass is 10.2. The molecule has 3 N–H and O–H groups in total. The normalized spacial score (nSPS) is 11.0. The molecule has 0 spiro atoms. The van der Waals surface area contributed by atoms with E-state index < -0.39 is 0 Å². The average Bonchev–Trinajstić information content (AvgIpc) is 2.62. The fourth-order valence-electron chi connectivity index (χ4n) is 1.96. The topological polar surface area (TPSA) is 84.0 Å². The van der Waals surface area contributed by atoms with Gasteiger partial charge < -0.3 is 25.4 Å². The highest BCUT2D eigenvalue weighted by molar-refractivity contribution is 5.94. The molecule has 7 heteroatoms. The zero-order chi connectivity index (χ0) is 17.6. The Balaban J connectivity index is 2.34. The maximum atomic E-state index is 12.1. The van der Waals surface area contributed by atoms with Crippen molar-refractivity contribution in [2.45, 2.75) is 13.3 Å². The lowest BCUT2D eigenvalue weighted by Crippen LogP contribution is -2.41. The summed E-state index contributed by atoms with van der Waals surface area (Å²) in [6, 6.07) is 7.07. The van der Waals surface area contributed by atoms with Gasteiger partial charge in [0.1, 0.15) is 5.75 Å². The van der Waals surface area contributed by atoms with Crippen molar-refractivity contribution in [3.8, 4) is 5.75 Å². The smallest absolute Gasteiger partial charge is 0.251 e. The molecule has 24 heavy (non-hydrogen) atoms. The van der Waals surface area contributed by atoms with E-state index in [0.29, 0.717) is 37.6 Å². The van der Waals surface area contributed by atoms with E-state index in [1.165, 1.54) is 0 Å². The number of ether oxygens (including phenoxy) is 2. The molecule has 0 radical (unpaired) electrons. The number of methoxy groups -OCH3 is 2. The summed E-state index contributed by atoms with van der Waals surface area (Å²) in [5.74, 6) is 1.28. The van der Waals surface area contributed by atoms with E-state index >= 15 is 0 Å². The number of aliphatic imine (C=N–C) groups is 1. The number of benzene rings is 1. The SMILES string of the molecule is CCNC(=NCCCOC)NCCNC(=O)c1cccc(OC)c1. The summed E-state index contributed by atoms with van der Waals surface area (Å²) in [6.45, 7) is 5.27. The van der Waals surface area contributed by atoms with Gasteiger partial charge in [-0.3, -0.25) is 9.79 Å². The first kappa shape index (κ1) is 19.8. The zero-order valence-electron chi connectivity index (χ0n) is 14.7. The molecule has 0 heterocycles. The predicted molar refractivity (Wildman–Crippen MR) is 95.8 cm³/mol. The molecule has 0 bridgehead atoms. The largest absolute Gasteiger partial charge is 0.497 e. The Morgan fingerprint density at radius 1 is 1.17 bits per heavy atom. The van der Waals surface area contributed by atoms with Crippen molar-refractivity contribution in [2.24, 2.45) is 4.99 Å². The molecule has 0 saturated heterocycles. The second kappa shape index (κ2) is 12.2. The highest BCUT2D eigenvalue weighted by Gasteiger charge is 2.05. The van der Waals surface area contributed by atoms with Crippen molar-refractivity contribution in [3.05, 3.63) is 29.8 Å². The van der Waals surface area contributed by atoms with Crippen molar-refractivity contribution < 1.29 is 14.3 Å². The number of hydrogen-bond donors (Lipinski definition) is 3. The fraction of sp³-hybridized carbons (Fsp3) is 0.529. The summed E-state index contributed by atoms with van der Waals surface area (Å²) in [5.41, 5.74) is 0.578. The third-order valence-electron chi connectivity index (χ3n) is 3.16. The van der Waals surface area contributed by atoms with E-state index in [9.17, 15) is 4.79 Å². The molecule has 1 aromatic rings. The fourth-order valence-corrected chi connectivity index (χ4v) is 1.96. The molecular weight excluding hydrogens is 308 g/mol. The minimum atomic E-state index is -0.127. The molecular formula is C17H28N4O3. The number of amides is 1. The molecule has 0 aromatic heterocycles. The van der Waals surface area contributed by atoms with Gasteiger partial charge in [0, 0.05) is 45.5 Å². The quantitative estimate of drug-likeness (QED) is 0.337. The van der Waals surface area contributed by atoms with E-state index in [1.807, 2.05) is 6.92 Å². The Labute approximate surface area is 143 Å². The van der Waals surface area contributed by atoms with E-state index in [1.54, 1.807) is 38.5 Å². The summed E-state index contributed by atoms with van der Waals surface area (Å²) < 4.78 is 10.1. The van der Waals surface area contributed by atoms with Crippen LogP contribution in [0.3, 0.4) is 0 Å². The van der Waals surface area contributed by atoms with Crippen LogP contribution in [-0.4, -0.2) is 58.9 Å². The number of rotatable bonds is 10. The maximum absolute atomic E-state index is 12.1. The van der Waals surface area contributed by atoms with Crippen LogP contribution in [0.25, 0.3) is 0 Å². The maximum Gasteiger partial charge on any atom is 0.251 e. The first-order valence-electron chi connectivity index (χ1n) is 8.14. The van der Waals surface area contributed by atoms with Crippen LogP contribution in [0.2, 0.25) is 0 Å². The van der Waals surface area contributed by atoms with Crippen LogP contribution in [0.5, 0.6) is 5.75 Å². The number of carbonyl (C=O) groups is 1. The van der Waals surface area contributed by atoms with E-state index in [4.69, 9.17) is 9.47 Å². The molecule has 0 aliphatic heterocycles. The van der Waals surface area contributed by atoms with Gasteiger partial charge in [-0.25, -0.2) is 0 Å². The van der Waals surface area contributed by atoms with Crippen molar-refractivity contribution in [1.82, 2.24) is 16.0 Å². The van der Waals surface area contributed by atoms with Gasteiger partial charge in [-0.1, -0.05) is 6.07 Å². The molecule has 7 nitrogen and oxygen atoms in total. The molecule has 1 amide bonds. The van der Waals surface area contributed by atoms with Gasteiger partial charge in [0.25, 0.3) is 5.91 Å². The Morgan fingerprint density at radius 3 is 2.67 bits per heavy atom. The van der Waals surface area contributed by atoms with Crippen molar-refractivity contribution in [2.75, 3.05) is 47.0 Å². The molecule has 0 fully saturated rings. The number of hydrogen-bond acceptors (Lipinski definition) is 4. The molecule has 1 rings (SSSR count). The Hall–Kier alpha value is -2.28. The third-order valence-corrected chi connectivity index (χ3v) is 3.16. The number of nitrogens with zero attached hydrogens (tertiary/aromatic N) is 1. The van der Waals surface area contributed by atoms with Gasteiger partial charge in [0.05, 0.1) is 7.11 Å². The van der Waals surface area contributed by atoms with Crippen molar-refractivity contribution in [3.63, 3.8) is 0 Å². The molecule has 0 aliphatic rings. The van der Waals surface area contributed by atoms with Crippen molar-refractivity contribution >= 4 is 11.9 Å². The van der Waals surface area contributed by atoms with Crippen LogP contribution in [0, 0.1) is 0 Å². The molecule has 0 saturated carbocycles. The van der Waals surface area contributed by atoms with Gasteiger partial charge in [0.2, 0.25) is 0 Å². The monoisotopic (exact) mass is 336 g/mol. The van der Waals surface area contributed by atoms with E-state index in [2.05, 4.69) is 20.9 Å². The van der Waals surface area contributed by atoms with Gasteiger partial charge in [-0.15, -0.1) is 0 Å². The Bertz CT molecular complexity index is 520. The lowest BCUT2D eigenvalue weighted by Gasteiger charge is -2.12. The highest BCUT2D eigenvalue weighted by atomic mass is 16.5. The van der Waals surface area contributed by atoms with Gasteiger partial charge in [-0.05, 0) is 31.5 Å². The number of carbonyl (C=O) groups excluding carboxylic acids is 1. The molecule has 1 aromatic carbocycles. The third kappa shape index (κ3) is 7.82. The van der Waals surface area contributed by atoms with Crippen LogP contribution in [-0.2, 0) is 4.74 Å². The number of nitrogens with one attached hydrogen (secondary N) is 3. The van der Waals surface area contributed by atoms with Gasteiger partial charge in [0.15, 0.2) is 5.96 Å². The van der Waals surface area contributed by atoms with E-state index in [-0.39, 0.29) is 5.91 Å². The van der Waals surface area contributed by atoms with Crippen LogP contribution in [0.1, 0.15) is 23.7 Å². The van der Waals surface area contributed by atoms with Gasteiger partial charge in [-0.2, -0.15) is 0 Å². The minimum absolute atomic E-state index is 0.127. The highest BCUT2D eigenvalue weighted by Crippen LogP contribution is 2.11. The van der Waals surface area contributed by atoms with Crippen LogP contribution >= 0.6 is 0 Å². The minimum Gasteiger partial charge on any atom is -0.497 e. The molecule has 134 valence electrons. The summed E-state index contributed by atoms with van der Waals surface area (Å²) in [6.07, 6.45) is 0.875. The second-order valence-corrected chi connectivity index (χ2v) is 5.02. The van der Waals surface area contributed by atoms with Crippen molar-refractivity contribution in [1.29, 1.82) is 0 Å². The summed E-state index contributed by atoms with van der Waals surface area (Å²) >= 11 is 0. The summed E-state index contributed by atoms with van der Waals surface area (Å²) in [5, 5.41) is 9.21. The molecule has 0 aliphatic carbocycles. The first-order chi connectivity index (χ1) is 11.7. The lowest BCUT2D eigenvalue weighted by molar-refractivity contribution is 0.0954. The van der Waals surface area contributed by atoms with Crippen LogP contribution in [0.15, 0.2) is 29.3 Å². The Kier molecular flexibility index (Phi) is 10.0. The van der Waals surface area contributed by atoms with Crippen LogP contribution in [0.4, 0.5) is 0 Å². The second-order valence-electron chi connectivity index (χ2n) is 5.02. The summed E-state index contributed by atoms with van der Waals surface area (Å²) in [7, 11) is 3.26. The van der Waals surface area contributed by atoms with Crippen LogP contribution < -0.4 is 20.7 Å². The number of guanidine groups is 1. The van der Waals surface area contributed by atoms with E-state index in [0.717, 1.165) is 18.9 Å². The predicted octanol–water partition coefficient (Wildman–Crippen LogP) is 1.02. The average molecular weight is 336 g/mol. The molecule has 0 unspecified atom stereocenters. The molecule has 0 atom stereocenters. The summed E-state index contributed by atoms with van der Waals surface area (Å²) in [4.78, 5) is 16.5.